The first-order valence-corrected chi connectivity index (χ1v) is 19.3. The van der Waals surface area contributed by atoms with Gasteiger partial charge in [0.1, 0.15) is 35.1 Å². The predicted octanol–water partition coefficient (Wildman–Crippen LogP) is 3.47. The van der Waals surface area contributed by atoms with E-state index in [0.717, 1.165) is 5.57 Å². The molecule has 1 saturated heterocycles. The van der Waals surface area contributed by atoms with Gasteiger partial charge in [-0.25, -0.2) is 18.2 Å². The Morgan fingerprint density at radius 2 is 1.91 bits per heavy atom. The largest absolute Gasteiger partial charge is 0.497 e. The maximum atomic E-state index is 14.5. The lowest BCUT2D eigenvalue weighted by Crippen LogP contribution is -2.58. The van der Waals surface area contributed by atoms with Crippen LogP contribution in [-0.4, -0.2) is 96.1 Å². The number of ether oxygens (including phenoxy) is 3. The van der Waals surface area contributed by atoms with Gasteiger partial charge in [-0.2, -0.15) is 0 Å². The molecule has 0 spiro atoms. The monoisotopic (exact) mass is 770 g/mol. The lowest BCUT2D eigenvalue weighted by molar-refractivity contribution is -0.141. The zero-order chi connectivity index (χ0) is 42.1. The Morgan fingerprint density at radius 1 is 1.17 bits per heavy atom. The Balaban J connectivity index is 1.45. The summed E-state index contributed by atoms with van der Waals surface area (Å²) in [5.74, 6) is -3.13. The summed E-state index contributed by atoms with van der Waals surface area (Å²) in [4.78, 5) is 73.6. The van der Waals surface area contributed by atoms with Gasteiger partial charge in [-0.1, -0.05) is 11.6 Å². The van der Waals surface area contributed by atoms with Crippen molar-refractivity contribution in [3.63, 3.8) is 0 Å². The first-order chi connectivity index (χ1) is 26.5. The molecule has 5 rings (SSSR count). The standard InChI is InChI=1S/C38H49N5O10S/c1-8-24-20-38(24,35(47)42-54(49,50)28-11-12-28)41-32(45)31-19-27(52-33-29-13-10-26(51-7)18-23(29)15-16-39-33)21-43(31)34(46)30(14-9-25(44)17-22(2)3)40-36(48)53-37(4,5)6/h8,10,13,15-18,24,27-28,30-31H,1,9,11-12,14,19-21H2,2-7H3,(H,40,48)(H,41,45)(H,42,47)/t24?,27-,30+,31+,38-/m1/s1/i7D3. The fourth-order valence-electron chi connectivity index (χ4n) is 6.43. The summed E-state index contributed by atoms with van der Waals surface area (Å²) in [5, 5.41) is 5.58. The first-order valence-electron chi connectivity index (χ1n) is 19.2. The van der Waals surface area contributed by atoms with E-state index in [1.807, 2.05) is 0 Å². The molecule has 292 valence electrons. The van der Waals surface area contributed by atoms with E-state index in [0.29, 0.717) is 23.6 Å². The van der Waals surface area contributed by atoms with Gasteiger partial charge in [-0.05, 0) is 96.0 Å². The molecule has 1 aliphatic heterocycles. The summed E-state index contributed by atoms with van der Waals surface area (Å²) < 4.78 is 66.6. The SMILES string of the molecule is [2H]C([2H])([2H])Oc1ccc2c(O[C@@H]3C[C@@H](C(=O)N[C@]4(C(=O)NS(=O)(=O)C5CC5)CC4C=C)N(C(=O)[C@H](CCC(=O)C=C(C)C)NC(=O)OC(C)(C)C)C3)nccc2c1. The third-order valence-electron chi connectivity index (χ3n) is 9.31. The maximum Gasteiger partial charge on any atom is 0.408 e. The highest BCUT2D eigenvalue weighted by Crippen LogP contribution is 2.45. The minimum atomic E-state index is -3.97. The number of ketones is 1. The lowest BCUT2D eigenvalue weighted by atomic mass is 10.1. The molecule has 2 saturated carbocycles. The number of fused-ring (bicyclic) bond motifs is 1. The Kier molecular flexibility index (Phi) is 10.5. The van der Waals surface area contributed by atoms with E-state index >= 15 is 0 Å². The molecule has 0 bridgehead atoms. The van der Waals surface area contributed by atoms with E-state index in [9.17, 15) is 32.4 Å². The van der Waals surface area contributed by atoms with Crippen LogP contribution in [0.1, 0.15) is 77.3 Å². The van der Waals surface area contributed by atoms with Crippen LogP contribution in [0.2, 0.25) is 0 Å². The van der Waals surface area contributed by atoms with Gasteiger partial charge in [0.25, 0.3) is 5.91 Å². The molecule has 5 atom stereocenters. The molecule has 3 aliphatic rings. The summed E-state index contributed by atoms with van der Waals surface area (Å²) in [7, 11) is -6.65. The minimum Gasteiger partial charge on any atom is -0.497 e. The van der Waals surface area contributed by atoms with E-state index in [1.54, 1.807) is 46.8 Å². The van der Waals surface area contributed by atoms with Crippen molar-refractivity contribution in [2.45, 2.75) is 108 Å². The van der Waals surface area contributed by atoms with Crippen molar-refractivity contribution in [3.05, 3.63) is 54.8 Å². The van der Waals surface area contributed by atoms with Crippen molar-refractivity contribution < 1.29 is 50.7 Å². The van der Waals surface area contributed by atoms with E-state index < -0.39 is 81.4 Å². The third kappa shape index (κ3) is 9.56. The average molecular weight is 771 g/mol. The molecule has 4 amide bonds. The predicted molar refractivity (Wildman–Crippen MR) is 199 cm³/mol. The van der Waals surface area contributed by atoms with Crippen LogP contribution in [0.25, 0.3) is 10.8 Å². The number of rotatable bonds is 15. The molecular formula is C38H49N5O10S. The second kappa shape index (κ2) is 15.8. The third-order valence-corrected chi connectivity index (χ3v) is 11.1. The van der Waals surface area contributed by atoms with Gasteiger partial charge in [0.05, 0.1) is 22.9 Å². The van der Waals surface area contributed by atoms with E-state index in [2.05, 4.69) is 26.9 Å². The summed E-state index contributed by atoms with van der Waals surface area (Å²) in [5.41, 5.74) is -1.84. The van der Waals surface area contributed by atoms with Crippen molar-refractivity contribution in [2.24, 2.45) is 5.92 Å². The highest BCUT2D eigenvalue weighted by molar-refractivity contribution is 7.91. The molecule has 2 heterocycles. The number of aromatic nitrogens is 1. The van der Waals surface area contributed by atoms with Gasteiger partial charge in [0, 0.05) is 30.3 Å². The van der Waals surface area contributed by atoms with Crippen molar-refractivity contribution in [1.82, 2.24) is 25.2 Å². The fraction of sp³-hybridized carbons (Fsp3) is 0.526. The second-order valence-corrected chi connectivity index (χ2v) is 17.2. The number of carbonyl (C=O) groups is 5. The Morgan fingerprint density at radius 3 is 2.54 bits per heavy atom. The van der Waals surface area contributed by atoms with Gasteiger partial charge in [0.2, 0.25) is 27.7 Å². The number of hydrogen-bond acceptors (Lipinski definition) is 11. The number of nitrogens with one attached hydrogen (secondary N) is 3. The number of alkyl carbamates (subject to hydrolysis) is 1. The molecular weight excluding hydrogens is 719 g/mol. The van der Waals surface area contributed by atoms with Crippen LogP contribution in [0.15, 0.2) is 54.8 Å². The van der Waals surface area contributed by atoms with E-state index in [4.69, 9.17) is 18.3 Å². The maximum absolute atomic E-state index is 14.5. The lowest BCUT2D eigenvalue weighted by Gasteiger charge is -2.30. The number of likely N-dealkylation sites (tertiary alicyclic amines) is 1. The highest BCUT2D eigenvalue weighted by Gasteiger charge is 2.62. The van der Waals surface area contributed by atoms with Crippen LogP contribution < -0.4 is 24.8 Å². The molecule has 1 aromatic carbocycles. The van der Waals surface area contributed by atoms with E-state index in [1.165, 1.54) is 35.4 Å². The number of methoxy groups -OCH3 is 1. The normalized spacial score (nSPS) is 23.8. The number of hydrogen-bond donors (Lipinski definition) is 3. The van der Waals surface area contributed by atoms with Gasteiger partial charge in [0.15, 0.2) is 5.78 Å². The minimum absolute atomic E-state index is 0.0670. The molecule has 3 N–H and O–H groups in total. The number of sulfonamides is 1. The molecule has 16 heteroatoms. The summed E-state index contributed by atoms with van der Waals surface area (Å²) in [6.45, 7) is 11.9. The zero-order valence-electron chi connectivity index (χ0n) is 34.0. The highest BCUT2D eigenvalue weighted by atomic mass is 32.2. The van der Waals surface area contributed by atoms with Crippen molar-refractivity contribution in [2.75, 3.05) is 13.6 Å². The number of amides is 4. The van der Waals surface area contributed by atoms with Crippen LogP contribution in [-0.2, 0) is 33.9 Å². The Bertz CT molecular complexity index is 2080. The molecule has 54 heavy (non-hydrogen) atoms. The van der Waals surface area contributed by atoms with Crippen molar-refractivity contribution in [1.29, 1.82) is 0 Å². The van der Waals surface area contributed by atoms with Crippen LogP contribution >= 0.6 is 0 Å². The van der Waals surface area contributed by atoms with Crippen LogP contribution in [0.4, 0.5) is 4.79 Å². The van der Waals surface area contributed by atoms with Gasteiger partial charge in [-0.3, -0.25) is 23.9 Å². The molecule has 0 radical (unpaired) electrons. The molecule has 2 aliphatic carbocycles. The summed E-state index contributed by atoms with van der Waals surface area (Å²) in [6.07, 6.45) is 2.97. The summed E-state index contributed by atoms with van der Waals surface area (Å²) in [6, 6.07) is 3.49. The molecule has 3 fully saturated rings. The second-order valence-electron chi connectivity index (χ2n) is 15.2. The molecule has 15 nitrogen and oxygen atoms in total. The quantitative estimate of drug-likeness (QED) is 0.177. The average Bonchev–Trinajstić information content (AvgIpc) is 4.01. The number of carbonyl (C=O) groups excluding carboxylic acids is 5. The van der Waals surface area contributed by atoms with Crippen molar-refractivity contribution in [3.8, 4) is 11.6 Å². The molecule has 2 aromatic rings. The Labute approximate surface area is 319 Å². The Hall–Kier alpha value is -4.99. The summed E-state index contributed by atoms with van der Waals surface area (Å²) >= 11 is 0. The number of nitrogens with zero attached hydrogens (tertiary/aromatic N) is 2. The fourth-order valence-corrected chi connectivity index (χ4v) is 7.79. The smallest absolute Gasteiger partial charge is 0.408 e. The first kappa shape index (κ1) is 36.0. The number of allylic oxidation sites excluding steroid dienone is 2. The zero-order valence-corrected chi connectivity index (χ0v) is 31.8. The van der Waals surface area contributed by atoms with Crippen molar-refractivity contribution >= 4 is 50.4 Å². The van der Waals surface area contributed by atoms with E-state index in [-0.39, 0.29) is 49.6 Å². The van der Waals surface area contributed by atoms with Gasteiger partial charge < -0.3 is 29.7 Å². The topological polar surface area (TPSA) is 199 Å². The van der Waals surface area contributed by atoms with Crippen LogP contribution in [0.3, 0.4) is 0 Å². The number of benzene rings is 1. The van der Waals surface area contributed by atoms with Crippen LogP contribution in [0, 0.1) is 5.92 Å². The van der Waals surface area contributed by atoms with Crippen LogP contribution in [0.5, 0.6) is 11.6 Å². The van der Waals surface area contributed by atoms with Gasteiger partial charge >= 0.3 is 6.09 Å². The number of pyridine rings is 1. The van der Waals surface area contributed by atoms with Gasteiger partial charge in [-0.15, -0.1) is 6.58 Å². The molecule has 1 unspecified atom stereocenters. The molecule has 1 aromatic heterocycles.